The highest BCUT2D eigenvalue weighted by atomic mass is 16.6. The van der Waals surface area contributed by atoms with Crippen LogP contribution in [0.15, 0.2) is 60.8 Å². The van der Waals surface area contributed by atoms with Gasteiger partial charge < -0.3 is 14.2 Å². The van der Waals surface area contributed by atoms with Gasteiger partial charge in [-0.2, -0.15) is 0 Å². The average Bonchev–Trinajstić information content (AvgIpc) is 3.38. The molecule has 0 rings (SSSR count). The van der Waals surface area contributed by atoms with Crippen LogP contribution in [0.4, 0.5) is 0 Å². The predicted octanol–water partition coefficient (Wildman–Crippen LogP) is 21.2. The van der Waals surface area contributed by atoms with Crippen molar-refractivity contribution in [3.05, 3.63) is 60.8 Å². The van der Waals surface area contributed by atoms with Gasteiger partial charge in [0.05, 0.1) is 0 Å². The Kier molecular flexibility index (Phi) is 58.2. The molecule has 0 N–H and O–H groups in total. The first-order valence-electron chi connectivity index (χ1n) is 31.3. The molecule has 0 aliphatic carbocycles. The van der Waals surface area contributed by atoms with E-state index < -0.39 is 6.10 Å². The molecule has 0 fully saturated rings. The number of allylic oxidation sites excluding steroid dienone is 10. The van der Waals surface area contributed by atoms with Gasteiger partial charge in [-0.1, -0.05) is 255 Å². The van der Waals surface area contributed by atoms with E-state index >= 15 is 0 Å². The van der Waals surface area contributed by atoms with Crippen LogP contribution < -0.4 is 0 Å². The van der Waals surface area contributed by atoms with E-state index in [1.807, 2.05) is 0 Å². The number of ether oxygens (including phenoxy) is 3. The van der Waals surface area contributed by atoms with Gasteiger partial charge in [0.2, 0.25) is 0 Å². The van der Waals surface area contributed by atoms with Crippen molar-refractivity contribution < 1.29 is 28.6 Å². The fourth-order valence-electron chi connectivity index (χ4n) is 8.97. The summed E-state index contributed by atoms with van der Waals surface area (Å²) in [5, 5.41) is 0. The van der Waals surface area contributed by atoms with E-state index in [1.165, 1.54) is 205 Å². The molecule has 0 bridgehead atoms. The smallest absolute Gasteiger partial charge is 0.306 e. The number of carbonyl (C=O) groups excluding carboxylic acids is 3. The molecule has 0 aliphatic rings. The first kappa shape index (κ1) is 69.1. The van der Waals surface area contributed by atoms with E-state index in [1.54, 1.807) is 0 Å². The number of hydrogen-bond acceptors (Lipinski definition) is 6. The molecule has 0 radical (unpaired) electrons. The third-order valence-electron chi connectivity index (χ3n) is 13.7. The van der Waals surface area contributed by atoms with Crippen molar-refractivity contribution in [2.75, 3.05) is 13.2 Å². The highest BCUT2D eigenvalue weighted by Gasteiger charge is 2.19. The highest BCUT2D eigenvalue weighted by Crippen LogP contribution is 2.16. The monoisotopic (exact) mass is 1010 g/mol. The molecule has 0 amide bonds. The summed E-state index contributed by atoms with van der Waals surface area (Å²) < 4.78 is 16.9. The Morgan fingerprint density at radius 2 is 0.500 bits per heavy atom. The van der Waals surface area contributed by atoms with Crippen LogP contribution in [-0.4, -0.2) is 37.2 Å². The van der Waals surface area contributed by atoms with Gasteiger partial charge in [0.25, 0.3) is 0 Å². The lowest BCUT2D eigenvalue weighted by Gasteiger charge is -2.18. The Balaban J connectivity index is 4.39. The lowest BCUT2D eigenvalue weighted by Crippen LogP contribution is -2.30. The summed E-state index contributed by atoms with van der Waals surface area (Å²) in [4.78, 5) is 38.3. The quantitative estimate of drug-likeness (QED) is 0.0261. The maximum Gasteiger partial charge on any atom is 0.306 e. The van der Waals surface area contributed by atoms with Crippen molar-refractivity contribution in [2.45, 2.75) is 329 Å². The lowest BCUT2D eigenvalue weighted by atomic mass is 10.1. The van der Waals surface area contributed by atoms with Gasteiger partial charge in [-0.15, -0.1) is 0 Å². The van der Waals surface area contributed by atoms with Crippen LogP contribution in [0.25, 0.3) is 0 Å². The summed E-state index contributed by atoms with van der Waals surface area (Å²) in [5.74, 6) is -0.880. The van der Waals surface area contributed by atoms with Crippen LogP contribution in [-0.2, 0) is 28.6 Å². The summed E-state index contributed by atoms with van der Waals surface area (Å²) >= 11 is 0. The second kappa shape index (κ2) is 60.7. The van der Waals surface area contributed by atoms with Crippen molar-refractivity contribution in [1.82, 2.24) is 0 Å². The molecule has 6 heteroatoms. The molecule has 6 nitrogen and oxygen atoms in total. The molecule has 0 aromatic rings. The molecule has 0 aromatic carbocycles. The van der Waals surface area contributed by atoms with Crippen molar-refractivity contribution in [2.24, 2.45) is 0 Å². The molecule has 1 unspecified atom stereocenters. The number of unbranched alkanes of at least 4 members (excludes halogenated alkanes) is 36. The summed E-state index contributed by atoms with van der Waals surface area (Å²) in [5.41, 5.74) is 0. The van der Waals surface area contributed by atoms with E-state index in [2.05, 4.69) is 81.5 Å². The summed E-state index contributed by atoms with van der Waals surface area (Å²) in [6.07, 6.45) is 76.4. The van der Waals surface area contributed by atoms with E-state index in [0.717, 1.165) is 77.0 Å². The fraction of sp³-hybridized carbons (Fsp3) is 0.803. The topological polar surface area (TPSA) is 78.9 Å². The maximum atomic E-state index is 12.9. The predicted molar refractivity (Wildman–Crippen MR) is 312 cm³/mol. The number of esters is 3. The molecule has 418 valence electrons. The van der Waals surface area contributed by atoms with Crippen LogP contribution in [0, 0.1) is 0 Å². The Labute approximate surface area is 447 Å². The van der Waals surface area contributed by atoms with Gasteiger partial charge >= 0.3 is 17.9 Å². The van der Waals surface area contributed by atoms with Crippen molar-refractivity contribution in [3.63, 3.8) is 0 Å². The largest absolute Gasteiger partial charge is 0.462 e. The molecular formula is C66H118O6. The first-order chi connectivity index (χ1) is 35.5. The molecule has 0 aliphatic heterocycles. The molecule has 0 aromatic heterocycles. The zero-order chi connectivity index (χ0) is 52.2. The molecular weight excluding hydrogens is 889 g/mol. The Morgan fingerprint density at radius 1 is 0.278 bits per heavy atom. The normalized spacial score (nSPS) is 12.4. The van der Waals surface area contributed by atoms with Gasteiger partial charge in [0, 0.05) is 19.3 Å². The minimum absolute atomic E-state index is 0.0795. The van der Waals surface area contributed by atoms with E-state index in [0.29, 0.717) is 19.3 Å². The van der Waals surface area contributed by atoms with Gasteiger partial charge in [-0.25, -0.2) is 0 Å². The third kappa shape index (κ3) is 58.0. The molecule has 0 spiro atoms. The summed E-state index contributed by atoms with van der Waals surface area (Å²) in [7, 11) is 0. The highest BCUT2D eigenvalue weighted by molar-refractivity contribution is 5.71. The zero-order valence-corrected chi connectivity index (χ0v) is 47.9. The average molecular weight is 1010 g/mol. The Morgan fingerprint density at radius 3 is 0.819 bits per heavy atom. The van der Waals surface area contributed by atoms with Crippen molar-refractivity contribution >= 4 is 17.9 Å². The number of rotatable bonds is 57. The van der Waals surface area contributed by atoms with Crippen molar-refractivity contribution in [1.29, 1.82) is 0 Å². The third-order valence-corrected chi connectivity index (χ3v) is 13.7. The zero-order valence-electron chi connectivity index (χ0n) is 47.9. The number of carbonyl (C=O) groups is 3. The van der Waals surface area contributed by atoms with Crippen LogP contribution in [0.3, 0.4) is 0 Å². The van der Waals surface area contributed by atoms with Crippen LogP contribution in [0.1, 0.15) is 323 Å². The number of hydrogen-bond donors (Lipinski definition) is 0. The molecule has 1 atom stereocenters. The standard InChI is InChI=1S/C66H118O6/c1-4-7-10-13-16-19-22-25-28-31-33-36-38-41-44-47-50-53-56-59-65(68)71-62-63(61-70-64(67)58-55-52-49-46-43-40-37-34-30-27-24-21-18-15-12-9-6-3)72-66(69)60-57-54-51-48-45-42-39-35-32-29-26-23-20-17-14-11-8-5-2/h16,19-20,23,25,27-30,32,63H,4-15,17-18,21-22,24,26,31,33-62H2,1-3H3/b19-16-,23-20-,28-25-,30-27-,32-29-. The molecule has 72 heavy (non-hydrogen) atoms. The summed E-state index contributed by atoms with van der Waals surface area (Å²) in [6.45, 7) is 6.62. The van der Waals surface area contributed by atoms with Crippen molar-refractivity contribution in [3.8, 4) is 0 Å². The minimum Gasteiger partial charge on any atom is -0.462 e. The SMILES string of the molecule is CCCCC/C=C\C/C=C\CCCCCCCCCCCC(=O)OCC(COC(=O)CCCCCCCCC/C=C\CCCCCCCC)OC(=O)CCCCCCCCC/C=C\C/C=C\CCCCCC. The second-order valence-electron chi connectivity index (χ2n) is 21.0. The first-order valence-corrected chi connectivity index (χ1v) is 31.3. The minimum atomic E-state index is -0.783. The van der Waals surface area contributed by atoms with Gasteiger partial charge in [-0.05, 0) is 109 Å². The lowest BCUT2D eigenvalue weighted by molar-refractivity contribution is -0.167. The maximum absolute atomic E-state index is 12.9. The van der Waals surface area contributed by atoms with E-state index in [4.69, 9.17) is 14.2 Å². The van der Waals surface area contributed by atoms with Crippen LogP contribution in [0.5, 0.6) is 0 Å². The Bertz CT molecular complexity index is 1290. The van der Waals surface area contributed by atoms with Crippen LogP contribution >= 0.6 is 0 Å². The van der Waals surface area contributed by atoms with Gasteiger partial charge in [-0.3, -0.25) is 14.4 Å². The Hall–Kier alpha value is -2.89. The van der Waals surface area contributed by atoms with E-state index in [-0.39, 0.29) is 31.1 Å². The molecule has 0 saturated carbocycles. The molecule has 0 saturated heterocycles. The second-order valence-corrected chi connectivity index (χ2v) is 21.0. The van der Waals surface area contributed by atoms with Crippen LogP contribution in [0.2, 0.25) is 0 Å². The van der Waals surface area contributed by atoms with Gasteiger partial charge in [0.15, 0.2) is 6.10 Å². The fourth-order valence-corrected chi connectivity index (χ4v) is 8.97. The van der Waals surface area contributed by atoms with Gasteiger partial charge in [0.1, 0.15) is 13.2 Å². The summed E-state index contributed by atoms with van der Waals surface area (Å²) in [6, 6.07) is 0. The molecule has 0 heterocycles. The van der Waals surface area contributed by atoms with E-state index in [9.17, 15) is 14.4 Å².